The van der Waals surface area contributed by atoms with E-state index in [9.17, 15) is 35.1 Å². The van der Waals surface area contributed by atoms with Crippen LogP contribution in [0.2, 0.25) is 0 Å². The second kappa shape index (κ2) is 12.9. The molecule has 2 fully saturated rings. The summed E-state index contributed by atoms with van der Waals surface area (Å²) in [4.78, 5) is 24.6. The molecule has 40 heavy (non-hydrogen) atoms. The van der Waals surface area contributed by atoms with Gasteiger partial charge in [0.15, 0.2) is 14.0 Å². The molecule has 10 atom stereocenters. The molecule has 2 heterocycles. The number of carbonyl (C=O) groups is 2. The Balaban J connectivity index is 2.59. The van der Waals surface area contributed by atoms with Gasteiger partial charge in [0.05, 0.1) is 23.8 Å². The van der Waals surface area contributed by atoms with Crippen molar-refractivity contribution in [3.8, 4) is 0 Å². The minimum Gasteiger partial charge on any atom is -0.479 e. The number of aliphatic carboxylic acids is 1. The molecule has 0 bridgehead atoms. The maximum absolute atomic E-state index is 12.3. The average molecular weight is 569 g/mol. The number of carboxylic acids is 1. The number of carbonyl (C=O) groups excluding carboxylic acids is 1. The van der Waals surface area contributed by atoms with Gasteiger partial charge in [-0.1, -0.05) is 34.6 Å². The van der Waals surface area contributed by atoms with Crippen molar-refractivity contribution < 1.29 is 54.1 Å². The predicted molar refractivity (Wildman–Crippen MR) is 144 cm³/mol. The molecule has 0 aromatic carbocycles. The molecule has 8 unspecified atom stereocenters. The van der Waals surface area contributed by atoms with Gasteiger partial charge in [-0.25, -0.2) is 4.79 Å². The standard InChI is InChI=1S/C26H45B2NO11/c1-8-23(6,9-2)25(27)20(29-13(5)31)18(15(32)14(12-30)37-25)39-26(28)21(34)16(33)17(19(40-26)22(35)36)38-24(7,10-3)11-4/h14-21,30,32-34H,8-12H2,1-7H3,(H,29,31)(H,35,36)/t14?,15?,16?,17?,18?,19?,20?,21?,25-,26+/m1/s1. The van der Waals surface area contributed by atoms with Crippen molar-refractivity contribution in [1.82, 2.24) is 5.32 Å². The molecule has 0 aliphatic carbocycles. The Morgan fingerprint density at radius 3 is 1.93 bits per heavy atom. The molecule has 12 nitrogen and oxygen atoms in total. The van der Waals surface area contributed by atoms with E-state index < -0.39 is 89.5 Å². The zero-order valence-electron chi connectivity index (χ0n) is 24.5. The summed E-state index contributed by atoms with van der Waals surface area (Å²) < 4.78 is 23.5. The summed E-state index contributed by atoms with van der Waals surface area (Å²) >= 11 is 0. The SMILES string of the molecule is [B][C@@]1(OC2C(O)C(CO)O[C@@]([B])(C(C)(CC)CC)C2NC(C)=O)OC(C(=O)O)C(OC(C)(CC)CC)C(O)C1O. The summed E-state index contributed by atoms with van der Waals surface area (Å²) in [5, 5.41) is 56.0. The van der Waals surface area contributed by atoms with Crippen molar-refractivity contribution in [2.45, 2.75) is 140 Å². The van der Waals surface area contributed by atoms with Gasteiger partial charge in [-0.3, -0.25) is 4.79 Å². The van der Waals surface area contributed by atoms with Crippen molar-refractivity contribution >= 4 is 27.6 Å². The average Bonchev–Trinajstić information content (AvgIpc) is 2.91. The molecule has 2 saturated heterocycles. The van der Waals surface area contributed by atoms with Gasteiger partial charge in [0, 0.05) is 6.92 Å². The van der Waals surface area contributed by atoms with E-state index in [1.165, 1.54) is 6.92 Å². The minimum atomic E-state index is -2.72. The predicted octanol–water partition coefficient (Wildman–Crippen LogP) is -0.689. The van der Waals surface area contributed by atoms with E-state index in [0.717, 1.165) is 0 Å². The molecule has 0 saturated carbocycles. The number of nitrogens with one attached hydrogen (secondary N) is 1. The lowest BCUT2D eigenvalue weighted by atomic mass is 9.53. The Bertz CT molecular complexity index is 889. The van der Waals surface area contributed by atoms with Crippen LogP contribution in [0.5, 0.6) is 0 Å². The molecule has 6 N–H and O–H groups in total. The van der Waals surface area contributed by atoms with Crippen LogP contribution in [0.25, 0.3) is 0 Å². The molecular formula is C26H45B2NO11. The lowest BCUT2D eigenvalue weighted by Crippen LogP contribution is -2.77. The first kappa shape index (κ1) is 34.9. The molecule has 0 spiro atoms. The zero-order chi connectivity index (χ0) is 30.8. The lowest BCUT2D eigenvalue weighted by molar-refractivity contribution is -0.362. The summed E-state index contributed by atoms with van der Waals surface area (Å²) in [6.45, 7) is 11.4. The highest BCUT2D eigenvalue weighted by molar-refractivity contribution is 6.16. The largest absolute Gasteiger partial charge is 0.479 e. The van der Waals surface area contributed by atoms with Gasteiger partial charge in [-0.2, -0.15) is 0 Å². The highest BCUT2D eigenvalue weighted by Gasteiger charge is 2.62. The number of rotatable bonds is 12. The maximum Gasteiger partial charge on any atom is 0.335 e. The zero-order valence-corrected chi connectivity index (χ0v) is 24.5. The third-order valence-electron chi connectivity index (χ3n) is 9.06. The van der Waals surface area contributed by atoms with E-state index in [2.05, 4.69) is 5.32 Å². The number of aliphatic hydroxyl groups is 4. The maximum atomic E-state index is 12.3. The third-order valence-corrected chi connectivity index (χ3v) is 9.06. The molecule has 4 radical (unpaired) electrons. The van der Waals surface area contributed by atoms with Crippen LogP contribution in [0.3, 0.4) is 0 Å². The van der Waals surface area contributed by atoms with Crippen molar-refractivity contribution in [1.29, 1.82) is 0 Å². The topological polar surface area (TPSA) is 184 Å². The fourth-order valence-corrected chi connectivity index (χ4v) is 5.37. The molecule has 2 rings (SSSR count). The minimum absolute atomic E-state index is 0.455. The van der Waals surface area contributed by atoms with Crippen LogP contribution in [0, 0.1) is 5.41 Å². The van der Waals surface area contributed by atoms with Gasteiger partial charge in [-0.15, -0.1) is 0 Å². The Kier molecular flexibility index (Phi) is 11.3. The number of carboxylic acid groups (broad SMARTS) is 1. The molecular weight excluding hydrogens is 524 g/mol. The number of ether oxygens (including phenoxy) is 4. The van der Waals surface area contributed by atoms with Crippen LogP contribution in [0.15, 0.2) is 0 Å². The Morgan fingerprint density at radius 1 is 0.950 bits per heavy atom. The quantitative estimate of drug-likeness (QED) is 0.164. The smallest absolute Gasteiger partial charge is 0.335 e. The van der Waals surface area contributed by atoms with Crippen LogP contribution < -0.4 is 5.32 Å². The van der Waals surface area contributed by atoms with Crippen LogP contribution >= 0.6 is 0 Å². The van der Waals surface area contributed by atoms with E-state index >= 15 is 0 Å². The first-order chi connectivity index (χ1) is 18.4. The van der Waals surface area contributed by atoms with E-state index in [4.69, 9.17) is 34.6 Å². The van der Waals surface area contributed by atoms with Gasteiger partial charge in [0.25, 0.3) is 0 Å². The number of aliphatic hydroxyl groups excluding tert-OH is 4. The van der Waals surface area contributed by atoms with E-state index in [-0.39, 0.29) is 0 Å². The molecule has 0 aromatic heterocycles. The Labute approximate surface area is 238 Å². The van der Waals surface area contributed by atoms with Crippen LogP contribution in [-0.4, -0.2) is 125 Å². The fourth-order valence-electron chi connectivity index (χ4n) is 5.37. The molecule has 14 heteroatoms. The van der Waals surface area contributed by atoms with E-state index in [1.54, 1.807) is 13.8 Å². The van der Waals surface area contributed by atoms with Gasteiger partial charge < -0.3 is 49.8 Å². The van der Waals surface area contributed by atoms with Crippen LogP contribution in [0.1, 0.15) is 74.1 Å². The Morgan fingerprint density at radius 2 is 1.50 bits per heavy atom. The van der Waals surface area contributed by atoms with Crippen molar-refractivity contribution in [3.05, 3.63) is 0 Å². The van der Waals surface area contributed by atoms with Gasteiger partial charge >= 0.3 is 5.97 Å². The molecule has 2 aliphatic heterocycles. The lowest BCUT2D eigenvalue weighted by Gasteiger charge is -2.60. The van der Waals surface area contributed by atoms with Crippen molar-refractivity contribution in [3.63, 3.8) is 0 Å². The second-order valence-electron chi connectivity index (χ2n) is 11.4. The number of hydrogen-bond donors (Lipinski definition) is 6. The molecule has 226 valence electrons. The van der Waals surface area contributed by atoms with Gasteiger partial charge in [0.2, 0.25) is 5.91 Å². The number of amides is 1. The van der Waals surface area contributed by atoms with Crippen LogP contribution in [-0.2, 0) is 28.5 Å². The second-order valence-corrected chi connectivity index (χ2v) is 11.4. The summed E-state index contributed by atoms with van der Waals surface area (Å²) in [5.74, 6) is -2.10. The summed E-state index contributed by atoms with van der Waals surface area (Å²) in [5.41, 5.74) is -6.14. The van der Waals surface area contributed by atoms with Gasteiger partial charge in [0.1, 0.15) is 50.2 Å². The normalized spacial score (nSPS) is 39.1. The first-order valence-electron chi connectivity index (χ1n) is 13.9. The monoisotopic (exact) mass is 569 g/mol. The van der Waals surface area contributed by atoms with Crippen molar-refractivity contribution in [2.24, 2.45) is 5.41 Å². The summed E-state index contributed by atoms with van der Waals surface area (Å²) in [6, 6.07) is -1.32. The fraction of sp³-hybridized carbons (Fsp3) is 0.923. The van der Waals surface area contributed by atoms with Gasteiger partial charge in [-0.05, 0) is 38.0 Å². The van der Waals surface area contributed by atoms with E-state index in [1.807, 2.05) is 27.7 Å². The summed E-state index contributed by atoms with van der Waals surface area (Å²) in [6.07, 6.45) is -10.1. The highest BCUT2D eigenvalue weighted by atomic mass is 16.7. The molecule has 1 amide bonds. The summed E-state index contributed by atoms with van der Waals surface area (Å²) in [7, 11) is 13.1. The number of hydrogen-bond acceptors (Lipinski definition) is 10. The first-order valence-corrected chi connectivity index (χ1v) is 13.9. The highest BCUT2D eigenvalue weighted by Crippen LogP contribution is 2.47. The van der Waals surface area contributed by atoms with Crippen molar-refractivity contribution in [2.75, 3.05) is 6.61 Å². The molecule has 0 aromatic rings. The van der Waals surface area contributed by atoms with Crippen LogP contribution in [0.4, 0.5) is 0 Å². The third kappa shape index (κ3) is 6.39. The van der Waals surface area contributed by atoms with E-state index in [0.29, 0.717) is 25.7 Å². The molecule has 2 aliphatic rings. The Hall–Kier alpha value is -1.25.